The summed E-state index contributed by atoms with van der Waals surface area (Å²) in [6.45, 7) is 0. The first kappa shape index (κ1) is 13.7. The van der Waals surface area contributed by atoms with Crippen LogP contribution in [0.3, 0.4) is 0 Å². The number of amides is 1. The molecule has 0 aliphatic carbocycles. The molecule has 1 amide bonds. The van der Waals surface area contributed by atoms with E-state index in [1.165, 1.54) is 6.41 Å². The van der Waals surface area contributed by atoms with E-state index in [2.05, 4.69) is 5.32 Å². The Balaban J connectivity index is 0.00000256. The summed E-state index contributed by atoms with van der Waals surface area (Å²) < 4.78 is 0. The van der Waals surface area contributed by atoms with Gasteiger partial charge < -0.3 is 15.2 Å². The smallest absolute Gasteiger partial charge is 0.323 e. The van der Waals surface area contributed by atoms with Crippen LogP contribution in [0.25, 0.3) is 0 Å². The van der Waals surface area contributed by atoms with Crippen LogP contribution in [-0.2, 0) is 16.0 Å². The molecule has 6 heteroatoms. The van der Waals surface area contributed by atoms with Crippen molar-refractivity contribution in [3.63, 3.8) is 0 Å². The fourth-order valence-corrected chi connectivity index (χ4v) is 1.27. The Morgan fingerprint density at radius 1 is 1.59 bits per heavy atom. The molecule has 0 radical (unpaired) electrons. The first-order valence-electron chi connectivity index (χ1n) is 4.52. The number of carboxylic acid groups (broad SMARTS) is 1. The molecule has 0 aromatic heterocycles. The second-order valence-electron chi connectivity index (χ2n) is 3.15. The Bertz CT molecular complexity index is 443. The zero-order valence-corrected chi connectivity index (χ0v) is 11.0. The largest absolute Gasteiger partial charge is 0.520 e. The summed E-state index contributed by atoms with van der Waals surface area (Å²) in [5.41, 5.74) is 1.13. The van der Waals surface area contributed by atoms with E-state index in [0.29, 0.717) is 11.1 Å². The molecule has 1 aromatic carbocycles. The average molecular weight is 474 g/mol. The van der Waals surface area contributed by atoms with Gasteiger partial charge in [0, 0.05) is 6.42 Å². The molecule has 0 aliphatic heterocycles. The van der Waals surface area contributed by atoms with Gasteiger partial charge in [-0.3, -0.25) is 4.79 Å². The molecule has 0 saturated carbocycles. The average Bonchev–Trinajstić information content (AvgIpc) is 2.28. The number of carbonyl (C=O) groups is 1. The van der Waals surface area contributed by atoms with E-state index in [1.807, 2.05) is 6.07 Å². The van der Waals surface area contributed by atoms with Gasteiger partial charge in [0.2, 0.25) is 0 Å². The second kappa shape index (κ2) is 6.19. The number of nitrogens with one attached hydrogen (secondary N) is 1. The van der Waals surface area contributed by atoms with Crippen molar-refractivity contribution in [1.82, 2.24) is 5.32 Å². The molecule has 0 saturated heterocycles. The molecule has 17 heavy (non-hydrogen) atoms. The minimum absolute atomic E-state index is 0. The van der Waals surface area contributed by atoms with Crippen LogP contribution in [-0.4, -0.2) is 23.5 Å². The number of benzene rings is 1. The fraction of sp³-hybridized carbons (Fsp3) is 0.182. The van der Waals surface area contributed by atoms with Gasteiger partial charge in [-0.05, 0) is 17.7 Å². The minimum Gasteiger partial charge on any atom is -0.520 e. The minimum atomic E-state index is -1.13. The zero-order chi connectivity index (χ0) is 12.0. The zero-order valence-electron chi connectivity index (χ0n) is 8.59. The third kappa shape index (κ3) is 3.72. The van der Waals surface area contributed by atoms with Gasteiger partial charge in [0.25, 0.3) is 0 Å². The van der Waals surface area contributed by atoms with E-state index in [4.69, 9.17) is 10.4 Å². The van der Waals surface area contributed by atoms with Crippen LogP contribution in [0.15, 0.2) is 24.3 Å². The normalized spacial score (nSPS) is 10.5. The number of hydrogen-bond acceptors (Lipinski definition) is 3. The Hall–Kier alpha value is -3.35. The monoisotopic (exact) mass is 474 g/mol. The van der Waals surface area contributed by atoms with Crippen molar-refractivity contribution in [3.05, 3.63) is 35.4 Å². The van der Waals surface area contributed by atoms with E-state index >= 15 is 0 Å². The molecule has 0 heterocycles. The van der Waals surface area contributed by atoms with Gasteiger partial charge in [0.15, 0.2) is 0 Å². The SMILES string of the molecule is N#Cc1cccc(CC(N[C-]=O)C(=O)O)c1.[Fm]. The van der Waals surface area contributed by atoms with Crippen LogP contribution >= 0.6 is 0 Å². The third-order valence-corrected chi connectivity index (χ3v) is 2.03. The quantitative estimate of drug-likeness (QED) is 0.472. The van der Waals surface area contributed by atoms with Crippen molar-refractivity contribution >= 4 is 12.4 Å². The first-order chi connectivity index (χ1) is 7.67. The summed E-state index contributed by atoms with van der Waals surface area (Å²) in [5.74, 6) is -1.13. The van der Waals surface area contributed by atoms with Crippen molar-refractivity contribution in [3.8, 4) is 6.07 Å². The number of aliphatic carboxylic acids is 1. The molecule has 2 N–H and O–H groups in total. The second-order valence-corrected chi connectivity index (χ2v) is 3.15. The number of hydrogen-bond donors (Lipinski definition) is 2. The van der Waals surface area contributed by atoms with E-state index in [9.17, 15) is 9.59 Å². The Morgan fingerprint density at radius 3 is 2.82 bits per heavy atom. The van der Waals surface area contributed by atoms with Crippen LogP contribution in [0.4, 0.5) is 0 Å². The maximum absolute atomic E-state index is 10.7. The van der Waals surface area contributed by atoms with Gasteiger partial charge in [0.05, 0.1) is 11.6 Å². The number of nitrogens with zero attached hydrogens (tertiary/aromatic N) is 1. The van der Waals surface area contributed by atoms with E-state index < -0.39 is 12.0 Å². The summed E-state index contributed by atoms with van der Waals surface area (Å²) in [6.07, 6.45) is 1.48. The number of rotatable bonds is 5. The van der Waals surface area contributed by atoms with Crippen LogP contribution in [0.2, 0.25) is 0 Å². The topological polar surface area (TPSA) is 90.2 Å². The van der Waals surface area contributed by atoms with Crippen LogP contribution < -0.4 is 5.32 Å². The number of carboxylic acids is 1. The molecule has 0 bridgehead atoms. The van der Waals surface area contributed by atoms with E-state index in [1.54, 1.807) is 24.3 Å². The van der Waals surface area contributed by atoms with Crippen molar-refractivity contribution in [2.75, 3.05) is 0 Å². The van der Waals surface area contributed by atoms with Crippen molar-refractivity contribution < 1.29 is 14.7 Å². The molecular weight excluding hydrogens is 465 g/mol. The van der Waals surface area contributed by atoms with Crippen molar-refractivity contribution in [2.24, 2.45) is 0 Å². The molecule has 0 aliphatic rings. The number of nitriles is 1. The first-order valence-corrected chi connectivity index (χ1v) is 4.52. The molecule has 1 aromatic rings. The maximum atomic E-state index is 10.7. The van der Waals surface area contributed by atoms with Gasteiger partial charge in [-0.25, -0.2) is 0 Å². The molecule has 1 rings (SSSR count). The molecule has 5 nitrogen and oxygen atoms in total. The summed E-state index contributed by atoms with van der Waals surface area (Å²) in [5, 5.41) is 19.5. The van der Waals surface area contributed by atoms with Gasteiger partial charge >= 0.3 is 5.97 Å². The Labute approximate surface area is 92.3 Å². The molecule has 0 fully saturated rings. The Morgan fingerprint density at radius 2 is 2.29 bits per heavy atom. The summed E-state index contributed by atoms with van der Waals surface area (Å²) >= 11 is 0. The van der Waals surface area contributed by atoms with Crippen molar-refractivity contribution in [2.45, 2.75) is 12.5 Å². The summed E-state index contributed by atoms with van der Waals surface area (Å²) in [6, 6.07) is 7.51. The van der Waals surface area contributed by atoms with Gasteiger partial charge in [-0.15, -0.1) is 0 Å². The van der Waals surface area contributed by atoms with Gasteiger partial charge in [-0.1, -0.05) is 12.1 Å². The van der Waals surface area contributed by atoms with Crippen LogP contribution in [0, 0.1) is 11.3 Å². The molecular formula is C11H9FmN2O3-. The molecule has 1 atom stereocenters. The number of carbonyl (C=O) groups excluding carboxylic acids is 1. The van der Waals surface area contributed by atoms with Crippen molar-refractivity contribution in [1.29, 1.82) is 5.26 Å². The summed E-state index contributed by atoms with van der Waals surface area (Å²) in [4.78, 5) is 20.8. The third-order valence-electron chi connectivity index (χ3n) is 2.03. The van der Waals surface area contributed by atoms with E-state index in [-0.39, 0.29) is 6.42 Å². The molecule has 94 valence electrons. The Kier molecular flexibility index (Phi) is 4.97. The van der Waals surface area contributed by atoms with E-state index in [0.717, 1.165) is 0 Å². The molecule has 0 spiro atoms. The molecule has 1 unspecified atom stereocenters. The van der Waals surface area contributed by atoms with Gasteiger partial charge in [-0.2, -0.15) is 11.7 Å². The van der Waals surface area contributed by atoms with Crippen LogP contribution in [0.5, 0.6) is 0 Å². The standard InChI is InChI=1S/C11H9N2O3.Fm/c12-6-9-3-1-2-8(4-9)5-10(11(15)16)13-7-14;/h1-4,10H,5H2,(H,13,14)(H,15,16);/q-1;. The predicted octanol–water partition coefficient (Wildman–Crippen LogP) is 0.211. The maximum Gasteiger partial charge on any atom is 0.323 e. The summed E-state index contributed by atoms with van der Waals surface area (Å²) in [7, 11) is 0. The predicted molar refractivity (Wildman–Crippen MR) is 55.1 cm³/mol. The van der Waals surface area contributed by atoms with Crippen LogP contribution in [0.1, 0.15) is 11.1 Å². The van der Waals surface area contributed by atoms with Gasteiger partial charge in [0.1, 0.15) is 6.04 Å². The fourth-order valence-electron chi connectivity index (χ4n) is 1.27.